The predicted octanol–water partition coefficient (Wildman–Crippen LogP) is 3.79. The molecule has 1 aromatic heterocycles. The van der Waals surface area contributed by atoms with Crippen LogP contribution in [0.3, 0.4) is 0 Å². The zero-order valence-electron chi connectivity index (χ0n) is 11.7. The van der Waals surface area contributed by atoms with Crippen molar-refractivity contribution in [3.63, 3.8) is 0 Å². The molecule has 0 spiro atoms. The Morgan fingerprint density at radius 2 is 1.86 bits per heavy atom. The van der Waals surface area contributed by atoms with Crippen LogP contribution in [-0.2, 0) is 6.54 Å². The van der Waals surface area contributed by atoms with E-state index in [1.165, 1.54) is 0 Å². The van der Waals surface area contributed by atoms with Gasteiger partial charge in [-0.1, -0.05) is 24.3 Å². The van der Waals surface area contributed by atoms with Gasteiger partial charge in [-0.25, -0.2) is 0 Å². The van der Waals surface area contributed by atoms with Crippen LogP contribution in [0.15, 0.2) is 67.0 Å². The van der Waals surface area contributed by atoms with Crippen LogP contribution in [0.2, 0.25) is 0 Å². The standard InChI is InChI=1S/C17H14IN3O/c18-15-4-1-2-5-16(15)20-17(22)14-8-6-13(7-9-14)12-21-11-3-10-19-21/h1-11H,12H2,(H,20,22). The third-order valence-electron chi connectivity index (χ3n) is 3.24. The molecule has 0 bridgehead atoms. The molecule has 0 aliphatic carbocycles. The molecule has 0 radical (unpaired) electrons. The minimum atomic E-state index is -0.102. The van der Waals surface area contributed by atoms with E-state index in [9.17, 15) is 4.79 Å². The summed E-state index contributed by atoms with van der Waals surface area (Å²) in [5.41, 5.74) is 2.58. The maximum Gasteiger partial charge on any atom is 0.255 e. The lowest BCUT2D eigenvalue weighted by Crippen LogP contribution is -2.12. The number of amides is 1. The zero-order valence-corrected chi connectivity index (χ0v) is 13.9. The normalized spacial score (nSPS) is 10.4. The SMILES string of the molecule is O=C(Nc1ccccc1I)c1ccc(Cn2cccn2)cc1. The number of nitrogens with one attached hydrogen (secondary N) is 1. The van der Waals surface area contributed by atoms with Gasteiger partial charge in [0.15, 0.2) is 0 Å². The minimum absolute atomic E-state index is 0.102. The van der Waals surface area contributed by atoms with Gasteiger partial charge < -0.3 is 5.32 Å². The molecule has 2 aromatic carbocycles. The van der Waals surface area contributed by atoms with Gasteiger partial charge in [0.2, 0.25) is 0 Å². The zero-order chi connectivity index (χ0) is 15.4. The molecular formula is C17H14IN3O. The van der Waals surface area contributed by atoms with Crippen LogP contribution in [-0.4, -0.2) is 15.7 Å². The first-order valence-electron chi connectivity index (χ1n) is 6.84. The number of aromatic nitrogens is 2. The van der Waals surface area contributed by atoms with Crippen molar-refractivity contribution < 1.29 is 4.79 Å². The van der Waals surface area contributed by atoms with Crippen molar-refractivity contribution in [2.24, 2.45) is 0 Å². The first-order valence-corrected chi connectivity index (χ1v) is 7.92. The van der Waals surface area contributed by atoms with Crippen LogP contribution in [0.5, 0.6) is 0 Å². The van der Waals surface area contributed by atoms with Crippen molar-refractivity contribution in [2.45, 2.75) is 6.54 Å². The van der Waals surface area contributed by atoms with Gasteiger partial charge >= 0.3 is 0 Å². The van der Waals surface area contributed by atoms with Crippen molar-refractivity contribution in [1.29, 1.82) is 0 Å². The molecule has 0 aliphatic rings. The van der Waals surface area contributed by atoms with Gasteiger partial charge in [0, 0.05) is 21.5 Å². The van der Waals surface area contributed by atoms with Crippen LogP contribution in [0.25, 0.3) is 0 Å². The molecular weight excluding hydrogens is 389 g/mol. The number of hydrogen-bond acceptors (Lipinski definition) is 2. The van der Waals surface area contributed by atoms with E-state index in [1.54, 1.807) is 6.20 Å². The highest BCUT2D eigenvalue weighted by molar-refractivity contribution is 14.1. The number of rotatable bonds is 4. The lowest BCUT2D eigenvalue weighted by atomic mass is 10.1. The summed E-state index contributed by atoms with van der Waals surface area (Å²) >= 11 is 2.21. The number of para-hydroxylation sites is 1. The lowest BCUT2D eigenvalue weighted by Gasteiger charge is -2.08. The van der Waals surface area contributed by atoms with Gasteiger partial charge in [0.25, 0.3) is 5.91 Å². The van der Waals surface area contributed by atoms with Crippen LogP contribution >= 0.6 is 22.6 Å². The van der Waals surface area contributed by atoms with Crippen LogP contribution in [0.4, 0.5) is 5.69 Å². The molecule has 1 amide bonds. The lowest BCUT2D eigenvalue weighted by molar-refractivity contribution is 0.102. The summed E-state index contributed by atoms with van der Waals surface area (Å²) in [6, 6.07) is 17.2. The molecule has 3 aromatic rings. The third kappa shape index (κ3) is 3.54. The topological polar surface area (TPSA) is 46.9 Å². The maximum absolute atomic E-state index is 12.3. The summed E-state index contributed by atoms with van der Waals surface area (Å²) in [7, 11) is 0. The molecule has 22 heavy (non-hydrogen) atoms. The van der Waals surface area contributed by atoms with E-state index in [2.05, 4.69) is 33.0 Å². The number of carbonyl (C=O) groups is 1. The Labute approximate surface area is 142 Å². The van der Waals surface area contributed by atoms with Gasteiger partial charge in [-0.2, -0.15) is 5.10 Å². The van der Waals surface area contributed by atoms with E-state index >= 15 is 0 Å². The van der Waals surface area contributed by atoms with Crippen LogP contribution < -0.4 is 5.32 Å². The number of anilines is 1. The van der Waals surface area contributed by atoms with Crippen molar-refractivity contribution in [3.05, 3.63) is 81.7 Å². The number of nitrogens with zero attached hydrogens (tertiary/aromatic N) is 2. The average molecular weight is 403 g/mol. The fourth-order valence-corrected chi connectivity index (χ4v) is 2.62. The van der Waals surface area contributed by atoms with Crippen LogP contribution in [0.1, 0.15) is 15.9 Å². The highest BCUT2D eigenvalue weighted by Crippen LogP contribution is 2.18. The van der Waals surface area contributed by atoms with Crippen molar-refractivity contribution in [2.75, 3.05) is 5.32 Å². The molecule has 0 unspecified atom stereocenters. The Bertz CT molecular complexity index is 767. The highest BCUT2D eigenvalue weighted by Gasteiger charge is 2.08. The largest absolute Gasteiger partial charge is 0.321 e. The Morgan fingerprint density at radius 3 is 2.55 bits per heavy atom. The van der Waals surface area contributed by atoms with Crippen molar-refractivity contribution in [3.8, 4) is 0 Å². The van der Waals surface area contributed by atoms with Gasteiger partial charge in [0.05, 0.1) is 12.2 Å². The molecule has 0 saturated heterocycles. The third-order valence-corrected chi connectivity index (χ3v) is 4.18. The second-order valence-electron chi connectivity index (χ2n) is 4.83. The summed E-state index contributed by atoms with van der Waals surface area (Å²) in [6.45, 7) is 0.700. The van der Waals surface area contributed by atoms with E-state index in [-0.39, 0.29) is 5.91 Å². The highest BCUT2D eigenvalue weighted by atomic mass is 127. The molecule has 1 N–H and O–H groups in total. The van der Waals surface area contributed by atoms with E-state index in [0.717, 1.165) is 14.8 Å². The molecule has 1 heterocycles. The minimum Gasteiger partial charge on any atom is -0.321 e. The van der Waals surface area contributed by atoms with E-state index in [4.69, 9.17) is 0 Å². The number of halogens is 1. The average Bonchev–Trinajstić information content (AvgIpc) is 3.03. The second kappa shape index (κ2) is 6.74. The predicted molar refractivity (Wildman–Crippen MR) is 94.9 cm³/mol. The molecule has 0 fully saturated rings. The van der Waals surface area contributed by atoms with Crippen LogP contribution in [0, 0.1) is 3.57 Å². The van der Waals surface area contributed by atoms with Gasteiger partial charge in [-0.15, -0.1) is 0 Å². The van der Waals surface area contributed by atoms with Crippen molar-refractivity contribution >= 4 is 34.2 Å². The molecule has 3 rings (SSSR count). The number of benzene rings is 2. The smallest absolute Gasteiger partial charge is 0.255 e. The number of hydrogen-bond donors (Lipinski definition) is 1. The van der Waals surface area contributed by atoms with Gasteiger partial charge in [-0.05, 0) is 58.5 Å². The van der Waals surface area contributed by atoms with Gasteiger partial charge in [0.1, 0.15) is 0 Å². The molecule has 0 saturated carbocycles. The molecule has 4 nitrogen and oxygen atoms in total. The second-order valence-corrected chi connectivity index (χ2v) is 6.00. The maximum atomic E-state index is 12.3. The first-order chi connectivity index (χ1) is 10.7. The Kier molecular flexibility index (Phi) is 4.53. The Balaban J connectivity index is 1.70. The summed E-state index contributed by atoms with van der Waals surface area (Å²) in [5.74, 6) is -0.102. The van der Waals surface area contributed by atoms with E-state index in [0.29, 0.717) is 12.1 Å². The summed E-state index contributed by atoms with van der Waals surface area (Å²) < 4.78 is 2.87. The van der Waals surface area contributed by atoms with Crippen molar-refractivity contribution in [1.82, 2.24) is 9.78 Å². The van der Waals surface area contributed by atoms with Gasteiger partial charge in [-0.3, -0.25) is 9.48 Å². The quantitative estimate of drug-likeness (QED) is 0.674. The summed E-state index contributed by atoms with van der Waals surface area (Å²) in [6.07, 6.45) is 3.67. The monoisotopic (exact) mass is 403 g/mol. The van der Waals surface area contributed by atoms with E-state index < -0.39 is 0 Å². The summed E-state index contributed by atoms with van der Waals surface area (Å²) in [5, 5.41) is 7.10. The Morgan fingerprint density at radius 1 is 1.09 bits per heavy atom. The fourth-order valence-electron chi connectivity index (χ4n) is 2.10. The molecule has 0 atom stereocenters. The first kappa shape index (κ1) is 14.8. The summed E-state index contributed by atoms with van der Waals surface area (Å²) in [4.78, 5) is 12.3. The molecule has 110 valence electrons. The number of carbonyl (C=O) groups excluding carboxylic acids is 1. The fraction of sp³-hybridized carbons (Fsp3) is 0.0588. The molecule has 5 heteroatoms. The molecule has 0 aliphatic heterocycles. The van der Waals surface area contributed by atoms with E-state index in [1.807, 2.05) is 65.5 Å². The Hall–Kier alpha value is -2.15.